The molecule has 24 heavy (non-hydrogen) atoms. The topological polar surface area (TPSA) is 78.7 Å². The number of carbonyl (C=O) groups excluding carboxylic acids is 2. The van der Waals surface area contributed by atoms with Gasteiger partial charge in [0.15, 0.2) is 5.11 Å². The Labute approximate surface area is 145 Å². The van der Waals surface area contributed by atoms with Gasteiger partial charge in [-0.2, -0.15) is 13.2 Å². The van der Waals surface area contributed by atoms with E-state index in [4.69, 9.17) is 5.73 Å². The summed E-state index contributed by atoms with van der Waals surface area (Å²) in [6.45, 7) is -0.444. The molecule has 1 aliphatic rings. The summed E-state index contributed by atoms with van der Waals surface area (Å²) in [6, 6.07) is 3.10. The number of rotatable bonds is 2. The lowest BCUT2D eigenvalue weighted by atomic mass is 10.1. The van der Waals surface area contributed by atoms with E-state index in [0.29, 0.717) is 4.90 Å². The van der Waals surface area contributed by atoms with Gasteiger partial charge in [0.1, 0.15) is 6.54 Å². The van der Waals surface area contributed by atoms with Crippen LogP contribution in [0.2, 0.25) is 0 Å². The number of thioether (sulfide) groups is 1. The van der Waals surface area contributed by atoms with Gasteiger partial charge in [-0.05, 0) is 30.4 Å². The summed E-state index contributed by atoms with van der Waals surface area (Å²) >= 11 is 5.79. The summed E-state index contributed by atoms with van der Waals surface area (Å²) in [4.78, 5) is 25.5. The number of carbonyl (C=O) groups is 2. The molecule has 0 fully saturated rings. The van der Waals surface area contributed by atoms with Crippen molar-refractivity contribution < 1.29 is 22.8 Å². The van der Waals surface area contributed by atoms with Gasteiger partial charge >= 0.3 is 6.18 Å². The maximum atomic E-state index is 12.9. The molecule has 1 aromatic rings. The molecule has 1 aliphatic heterocycles. The first kappa shape index (κ1) is 18.3. The fourth-order valence-electron chi connectivity index (χ4n) is 1.97. The van der Waals surface area contributed by atoms with Crippen molar-refractivity contribution in [2.45, 2.75) is 11.1 Å². The van der Waals surface area contributed by atoms with Crippen LogP contribution < -0.4 is 16.1 Å². The molecule has 2 rings (SSSR count). The predicted molar refractivity (Wildman–Crippen MR) is 87.2 cm³/mol. The minimum absolute atomic E-state index is 0.0385. The number of alkyl halides is 3. The lowest BCUT2D eigenvalue weighted by Gasteiger charge is -2.30. The van der Waals surface area contributed by atoms with Crippen molar-refractivity contribution in [1.29, 1.82) is 0 Å². The number of hydrogen-bond acceptors (Lipinski definition) is 4. The maximum absolute atomic E-state index is 12.9. The highest BCUT2D eigenvalue weighted by molar-refractivity contribution is 8.00. The van der Waals surface area contributed by atoms with Crippen LogP contribution in [0.15, 0.2) is 23.1 Å². The number of nitrogens with zero attached hydrogens (tertiary/aromatic N) is 2. The minimum atomic E-state index is -4.54. The second-order valence-corrected chi connectivity index (χ2v) is 6.32. The molecule has 0 bridgehead atoms. The zero-order valence-corrected chi connectivity index (χ0v) is 14.0. The molecule has 1 heterocycles. The Morgan fingerprint density at radius 3 is 2.75 bits per heavy atom. The highest BCUT2D eigenvalue weighted by atomic mass is 32.2. The van der Waals surface area contributed by atoms with Crippen LogP contribution in [0.25, 0.3) is 0 Å². The lowest BCUT2D eigenvalue weighted by Crippen LogP contribution is -2.51. The van der Waals surface area contributed by atoms with Gasteiger partial charge in [-0.3, -0.25) is 20.0 Å². The van der Waals surface area contributed by atoms with E-state index in [1.807, 2.05) is 0 Å². The molecule has 0 saturated carbocycles. The summed E-state index contributed by atoms with van der Waals surface area (Å²) in [5.41, 5.74) is 6.82. The zero-order chi connectivity index (χ0) is 18.1. The number of hydrazine groups is 1. The molecule has 1 aromatic carbocycles. The van der Waals surface area contributed by atoms with Crippen LogP contribution >= 0.6 is 24.0 Å². The Bertz CT molecular complexity index is 696. The van der Waals surface area contributed by atoms with E-state index in [-0.39, 0.29) is 16.6 Å². The summed E-state index contributed by atoms with van der Waals surface area (Å²) < 4.78 is 38.6. The molecule has 0 saturated heterocycles. The number of hydrogen-bond donors (Lipinski definition) is 2. The van der Waals surface area contributed by atoms with E-state index in [1.54, 1.807) is 0 Å². The van der Waals surface area contributed by atoms with Crippen molar-refractivity contribution in [1.82, 2.24) is 10.4 Å². The number of fused-ring (bicyclic) bond motifs is 1. The first-order chi connectivity index (χ1) is 11.1. The molecule has 2 amide bonds. The van der Waals surface area contributed by atoms with E-state index >= 15 is 0 Å². The smallest absolute Gasteiger partial charge is 0.375 e. The van der Waals surface area contributed by atoms with Gasteiger partial charge in [0.05, 0.1) is 17.0 Å². The van der Waals surface area contributed by atoms with Crippen LogP contribution in [0, 0.1) is 0 Å². The van der Waals surface area contributed by atoms with E-state index in [0.717, 1.165) is 33.8 Å². The number of thiocarbonyl (C=S) groups is 1. The van der Waals surface area contributed by atoms with Crippen LogP contribution in [-0.4, -0.2) is 41.3 Å². The first-order valence-corrected chi connectivity index (χ1v) is 7.96. The summed E-state index contributed by atoms with van der Waals surface area (Å²) in [6.07, 6.45) is -4.54. The Morgan fingerprint density at radius 1 is 1.50 bits per heavy atom. The minimum Gasteiger partial charge on any atom is -0.375 e. The molecule has 0 aromatic heterocycles. The first-order valence-electron chi connectivity index (χ1n) is 6.56. The summed E-state index contributed by atoms with van der Waals surface area (Å²) in [7, 11) is 1.41. The maximum Gasteiger partial charge on any atom is 0.416 e. The third kappa shape index (κ3) is 4.09. The van der Waals surface area contributed by atoms with Gasteiger partial charge in [0.25, 0.3) is 5.91 Å². The van der Waals surface area contributed by atoms with Crippen LogP contribution in [-0.2, 0) is 15.8 Å². The highest BCUT2D eigenvalue weighted by Crippen LogP contribution is 2.39. The fourth-order valence-corrected chi connectivity index (χ4v) is 2.93. The molecule has 11 heteroatoms. The largest absolute Gasteiger partial charge is 0.416 e. The molecule has 6 nitrogen and oxygen atoms in total. The monoisotopic (exact) mass is 378 g/mol. The quantitative estimate of drug-likeness (QED) is 0.598. The second kappa shape index (κ2) is 6.85. The number of anilines is 1. The average molecular weight is 378 g/mol. The number of nitrogens with two attached hydrogens (primary N) is 1. The second-order valence-electron chi connectivity index (χ2n) is 4.88. The Kier molecular flexibility index (Phi) is 5.23. The van der Waals surface area contributed by atoms with E-state index in [9.17, 15) is 22.8 Å². The number of benzene rings is 1. The van der Waals surface area contributed by atoms with Crippen molar-refractivity contribution in [2.24, 2.45) is 5.73 Å². The van der Waals surface area contributed by atoms with E-state index < -0.39 is 30.1 Å². The zero-order valence-electron chi connectivity index (χ0n) is 12.4. The van der Waals surface area contributed by atoms with Crippen LogP contribution in [0.4, 0.5) is 18.9 Å². The summed E-state index contributed by atoms with van der Waals surface area (Å²) in [5.74, 6) is -1.05. The van der Waals surface area contributed by atoms with Gasteiger partial charge in [-0.15, -0.1) is 11.8 Å². The van der Waals surface area contributed by atoms with E-state index in [2.05, 4.69) is 17.6 Å². The van der Waals surface area contributed by atoms with Crippen molar-refractivity contribution in [3.63, 3.8) is 0 Å². The van der Waals surface area contributed by atoms with Crippen molar-refractivity contribution in [3.05, 3.63) is 23.8 Å². The Hall–Kier alpha value is -2.01. The Morgan fingerprint density at radius 2 is 2.17 bits per heavy atom. The van der Waals surface area contributed by atoms with Crippen LogP contribution in [0.3, 0.4) is 0 Å². The van der Waals surface area contributed by atoms with Crippen LogP contribution in [0.1, 0.15) is 5.56 Å². The summed E-state index contributed by atoms with van der Waals surface area (Å²) in [5, 5.41) is 0.983. The number of amides is 2. The lowest BCUT2D eigenvalue weighted by molar-refractivity contribution is -0.137. The van der Waals surface area contributed by atoms with Crippen LogP contribution in [0.5, 0.6) is 0 Å². The predicted octanol–water partition coefficient (Wildman–Crippen LogP) is 1.35. The molecule has 0 spiro atoms. The van der Waals surface area contributed by atoms with Gasteiger partial charge in [0, 0.05) is 11.9 Å². The molecular weight excluding hydrogens is 365 g/mol. The van der Waals surface area contributed by atoms with Gasteiger partial charge in [-0.1, -0.05) is 0 Å². The van der Waals surface area contributed by atoms with Gasteiger partial charge in [-0.25, -0.2) is 0 Å². The normalized spacial score (nSPS) is 14.2. The third-order valence-electron chi connectivity index (χ3n) is 3.15. The molecule has 0 radical (unpaired) electrons. The molecule has 0 aliphatic carbocycles. The molecular formula is C13H13F3N4O2S2. The fraction of sp³-hybridized carbons (Fsp3) is 0.308. The molecule has 3 N–H and O–H groups in total. The van der Waals surface area contributed by atoms with Crippen molar-refractivity contribution in [2.75, 3.05) is 24.2 Å². The molecule has 0 unspecified atom stereocenters. The molecule has 130 valence electrons. The highest BCUT2D eigenvalue weighted by Gasteiger charge is 2.34. The van der Waals surface area contributed by atoms with Gasteiger partial charge < -0.3 is 10.6 Å². The molecule has 0 atom stereocenters. The van der Waals surface area contributed by atoms with Gasteiger partial charge in [0.2, 0.25) is 5.91 Å². The average Bonchev–Trinajstić information content (AvgIpc) is 2.48. The number of nitrogens with one attached hydrogen (secondary N) is 1. The van der Waals surface area contributed by atoms with Crippen molar-refractivity contribution >= 4 is 46.6 Å². The van der Waals surface area contributed by atoms with Crippen molar-refractivity contribution in [3.8, 4) is 0 Å². The third-order valence-corrected chi connectivity index (χ3v) is 4.48. The Balaban J connectivity index is 2.27. The number of halogens is 3. The SMILES string of the molecule is CN(NC(=O)CN1C(=O)CSc2ccc(C(F)(F)F)cc21)C(N)=S. The van der Waals surface area contributed by atoms with E-state index in [1.165, 1.54) is 13.1 Å². The standard InChI is InChI=1S/C13H13F3N4O2S2/c1-19(12(17)23)18-10(21)5-20-8-4-7(13(14,15)16)2-3-9(8)24-6-11(20)22/h2-4H,5-6H2,1H3,(H2,17,23)(H,18,21).